The van der Waals surface area contributed by atoms with E-state index in [-0.39, 0.29) is 6.03 Å². The van der Waals surface area contributed by atoms with Gasteiger partial charge in [0.2, 0.25) is 0 Å². The van der Waals surface area contributed by atoms with Crippen LogP contribution in [0.15, 0.2) is 0 Å². The Kier molecular flexibility index (Phi) is 5.05. The van der Waals surface area contributed by atoms with Crippen molar-refractivity contribution in [2.24, 2.45) is 11.8 Å². The van der Waals surface area contributed by atoms with Gasteiger partial charge in [0, 0.05) is 19.6 Å². The Labute approximate surface area is 114 Å². The van der Waals surface area contributed by atoms with Crippen molar-refractivity contribution >= 4 is 12.0 Å². The van der Waals surface area contributed by atoms with Gasteiger partial charge in [0.15, 0.2) is 0 Å². The van der Waals surface area contributed by atoms with Gasteiger partial charge in [0.05, 0.1) is 5.92 Å². The molecule has 1 saturated carbocycles. The first-order chi connectivity index (χ1) is 9.16. The minimum Gasteiger partial charge on any atom is -0.481 e. The highest BCUT2D eigenvalue weighted by Gasteiger charge is 2.28. The van der Waals surface area contributed by atoms with E-state index in [1.54, 1.807) is 4.90 Å². The molecule has 5 heteroatoms. The summed E-state index contributed by atoms with van der Waals surface area (Å²) < 4.78 is 0. The van der Waals surface area contributed by atoms with Crippen molar-refractivity contribution in [3.8, 4) is 0 Å². The van der Waals surface area contributed by atoms with Gasteiger partial charge in [-0.3, -0.25) is 4.79 Å². The molecule has 0 aromatic carbocycles. The molecule has 108 valence electrons. The van der Waals surface area contributed by atoms with E-state index in [0.29, 0.717) is 25.4 Å². The second-order valence-electron chi connectivity index (χ2n) is 5.81. The van der Waals surface area contributed by atoms with Crippen LogP contribution in [0.5, 0.6) is 0 Å². The number of carboxylic acids is 1. The van der Waals surface area contributed by atoms with Crippen molar-refractivity contribution in [2.75, 3.05) is 19.6 Å². The Balaban J connectivity index is 1.74. The Morgan fingerprint density at radius 3 is 2.53 bits per heavy atom. The van der Waals surface area contributed by atoms with Crippen LogP contribution in [-0.2, 0) is 4.79 Å². The molecule has 2 N–H and O–H groups in total. The average Bonchev–Trinajstić information content (AvgIpc) is 2.46. The predicted molar refractivity (Wildman–Crippen MR) is 71.9 cm³/mol. The number of aliphatic carboxylic acids is 1. The molecule has 19 heavy (non-hydrogen) atoms. The predicted octanol–water partition coefficient (Wildman–Crippen LogP) is 2.07. The maximum absolute atomic E-state index is 12.0. The Morgan fingerprint density at radius 2 is 1.84 bits per heavy atom. The van der Waals surface area contributed by atoms with Crippen LogP contribution in [0.1, 0.15) is 44.9 Å². The highest BCUT2D eigenvalue weighted by Crippen LogP contribution is 2.23. The zero-order chi connectivity index (χ0) is 13.7. The number of nitrogens with zero attached hydrogens (tertiary/aromatic N) is 1. The topological polar surface area (TPSA) is 69.6 Å². The standard InChI is InChI=1S/C14H24N2O3/c17-13(18)12-7-4-8-16(10-12)14(19)15-9-11-5-2-1-3-6-11/h11-12H,1-10H2,(H,15,19)(H,17,18). The summed E-state index contributed by atoms with van der Waals surface area (Å²) in [7, 11) is 0. The number of nitrogens with one attached hydrogen (secondary N) is 1. The third kappa shape index (κ3) is 4.11. The molecule has 1 aliphatic heterocycles. The summed E-state index contributed by atoms with van der Waals surface area (Å²) in [5, 5.41) is 12.0. The second-order valence-corrected chi connectivity index (χ2v) is 5.81. The fourth-order valence-corrected chi connectivity index (χ4v) is 3.10. The number of hydrogen-bond acceptors (Lipinski definition) is 2. The lowest BCUT2D eigenvalue weighted by Crippen LogP contribution is -2.48. The van der Waals surface area contributed by atoms with Gasteiger partial charge < -0.3 is 15.3 Å². The monoisotopic (exact) mass is 268 g/mol. The van der Waals surface area contributed by atoms with Gasteiger partial charge in [-0.15, -0.1) is 0 Å². The van der Waals surface area contributed by atoms with Crippen LogP contribution < -0.4 is 5.32 Å². The van der Waals surface area contributed by atoms with Crippen LogP contribution >= 0.6 is 0 Å². The molecule has 0 aromatic heterocycles. The molecule has 2 aliphatic rings. The minimum atomic E-state index is -0.787. The number of carbonyl (C=O) groups excluding carboxylic acids is 1. The molecule has 2 rings (SSSR count). The maximum atomic E-state index is 12.0. The van der Waals surface area contributed by atoms with Gasteiger partial charge in [0.25, 0.3) is 0 Å². The van der Waals surface area contributed by atoms with Crippen LogP contribution in [0.25, 0.3) is 0 Å². The molecule has 1 aliphatic carbocycles. The zero-order valence-corrected chi connectivity index (χ0v) is 11.4. The van der Waals surface area contributed by atoms with Crippen molar-refractivity contribution in [1.82, 2.24) is 10.2 Å². The number of carbonyl (C=O) groups is 2. The number of piperidine rings is 1. The molecule has 0 bridgehead atoms. The molecular formula is C14H24N2O3. The van der Waals surface area contributed by atoms with E-state index in [2.05, 4.69) is 5.32 Å². The molecule has 0 aromatic rings. The van der Waals surface area contributed by atoms with Crippen LogP contribution in [0.3, 0.4) is 0 Å². The first-order valence-electron chi connectivity index (χ1n) is 7.42. The van der Waals surface area contributed by atoms with Crippen molar-refractivity contribution in [1.29, 1.82) is 0 Å². The lowest BCUT2D eigenvalue weighted by atomic mass is 9.89. The van der Waals surface area contributed by atoms with Gasteiger partial charge in [-0.2, -0.15) is 0 Å². The summed E-state index contributed by atoms with van der Waals surface area (Å²) in [5.74, 6) is -0.572. The first-order valence-corrected chi connectivity index (χ1v) is 7.42. The molecule has 1 unspecified atom stereocenters. The van der Waals surface area contributed by atoms with Gasteiger partial charge in [0.1, 0.15) is 0 Å². The van der Waals surface area contributed by atoms with E-state index < -0.39 is 11.9 Å². The molecule has 1 saturated heterocycles. The van der Waals surface area contributed by atoms with Crippen LogP contribution in [0, 0.1) is 11.8 Å². The van der Waals surface area contributed by atoms with E-state index in [9.17, 15) is 9.59 Å². The highest BCUT2D eigenvalue weighted by molar-refractivity contribution is 5.76. The van der Waals surface area contributed by atoms with E-state index in [4.69, 9.17) is 5.11 Å². The Morgan fingerprint density at radius 1 is 1.11 bits per heavy atom. The summed E-state index contributed by atoms with van der Waals surface area (Å²) >= 11 is 0. The van der Waals surface area contributed by atoms with Gasteiger partial charge in [-0.1, -0.05) is 19.3 Å². The molecule has 0 radical (unpaired) electrons. The van der Waals surface area contributed by atoms with Crippen molar-refractivity contribution in [2.45, 2.75) is 44.9 Å². The molecule has 2 fully saturated rings. The summed E-state index contributed by atoms with van der Waals surface area (Å²) in [6, 6.07) is -0.0866. The number of hydrogen-bond donors (Lipinski definition) is 2. The Hall–Kier alpha value is -1.26. The molecule has 1 atom stereocenters. The van der Waals surface area contributed by atoms with Crippen LogP contribution in [-0.4, -0.2) is 41.6 Å². The average molecular weight is 268 g/mol. The summed E-state index contributed by atoms with van der Waals surface area (Å²) in [5.41, 5.74) is 0. The first kappa shape index (κ1) is 14.2. The largest absolute Gasteiger partial charge is 0.481 e. The van der Waals surface area contributed by atoms with E-state index in [0.717, 1.165) is 13.0 Å². The van der Waals surface area contributed by atoms with E-state index >= 15 is 0 Å². The summed E-state index contributed by atoms with van der Waals surface area (Å²) in [6.45, 7) is 1.78. The third-order valence-electron chi connectivity index (χ3n) is 4.32. The molecule has 0 spiro atoms. The summed E-state index contributed by atoms with van der Waals surface area (Å²) in [6.07, 6.45) is 7.74. The quantitative estimate of drug-likeness (QED) is 0.823. The van der Waals surface area contributed by atoms with Crippen molar-refractivity contribution < 1.29 is 14.7 Å². The fourth-order valence-electron chi connectivity index (χ4n) is 3.10. The smallest absolute Gasteiger partial charge is 0.317 e. The lowest BCUT2D eigenvalue weighted by molar-refractivity contribution is -0.143. The molecule has 1 heterocycles. The van der Waals surface area contributed by atoms with E-state index in [1.165, 1.54) is 32.1 Å². The molecule has 2 amide bonds. The SMILES string of the molecule is O=C(O)C1CCCN(C(=O)NCC2CCCCC2)C1. The van der Waals surface area contributed by atoms with Crippen LogP contribution in [0.2, 0.25) is 0 Å². The zero-order valence-electron chi connectivity index (χ0n) is 11.4. The van der Waals surface area contributed by atoms with Gasteiger partial charge in [-0.25, -0.2) is 4.79 Å². The lowest BCUT2D eigenvalue weighted by Gasteiger charge is -2.31. The third-order valence-corrected chi connectivity index (χ3v) is 4.32. The summed E-state index contributed by atoms with van der Waals surface area (Å²) in [4.78, 5) is 24.7. The highest BCUT2D eigenvalue weighted by atomic mass is 16.4. The second kappa shape index (κ2) is 6.78. The Bertz CT molecular complexity index is 327. The van der Waals surface area contributed by atoms with Gasteiger partial charge >= 0.3 is 12.0 Å². The van der Waals surface area contributed by atoms with Crippen LogP contribution in [0.4, 0.5) is 4.79 Å². The minimum absolute atomic E-state index is 0.0866. The van der Waals surface area contributed by atoms with Gasteiger partial charge in [-0.05, 0) is 31.6 Å². The number of amides is 2. The fraction of sp³-hybridized carbons (Fsp3) is 0.857. The number of urea groups is 1. The number of rotatable bonds is 3. The maximum Gasteiger partial charge on any atom is 0.317 e. The normalized spacial score (nSPS) is 25.1. The molecule has 5 nitrogen and oxygen atoms in total. The molecular weight excluding hydrogens is 244 g/mol. The number of carboxylic acid groups (broad SMARTS) is 1. The van der Waals surface area contributed by atoms with Crippen molar-refractivity contribution in [3.63, 3.8) is 0 Å². The van der Waals surface area contributed by atoms with E-state index in [1.807, 2.05) is 0 Å². The van der Waals surface area contributed by atoms with Crippen molar-refractivity contribution in [3.05, 3.63) is 0 Å². The number of likely N-dealkylation sites (tertiary alicyclic amines) is 1.